The van der Waals surface area contributed by atoms with Gasteiger partial charge in [-0.15, -0.1) is 0 Å². The zero-order chi connectivity index (χ0) is 12.8. The van der Waals surface area contributed by atoms with Gasteiger partial charge < -0.3 is 10.4 Å². The molecule has 2 unspecified atom stereocenters. The number of nitrogens with one attached hydrogen (secondary N) is 1. The summed E-state index contributed by atoms with van der Waals surface area (Å²) >= 11 is 0. The number of nitriles is 1. The second-order valence-electron chi connectivity index (χ2n) is 3.77. The van der Waals surface area contributed by atoms with Gasteiger partial charge in [-0.2, -0.15) is 5.26 Å². The van der Waals surface area contributed by atoms with Crippen LogP contribution in [0.1, 0.15) is 24.1 Å². The van der Waals surface area contributed by atoms with E-state index in [0.717, 1.165) is 5.56 Å². The normalized spacial score (nSPS) is 14.4. The highest BCUT2D eigenvalue weighted by Gasteiger charge is 2.17. The molecule has 1 aromatic rings. The fraction of sp³-hybridized carbons (Fsp3) is 0.417. The number of nitrogens with zero attached hydrogens (tertiary/aromatic N) is 1. The first-order valence-electron chi connectivity index (χ1n) is 5.24. The van der Waals surface area contributed by atoms with Crippen molar-refractivity contribution < 1.29 is 13.9 Å². The maximum atomic E-state index is 12.1. The fourth-order valence-corrected chi connectivity index (χ4v) is 1.38. The highest BCUT2D eigenvalue weighted by molar-refractivity contribution is 5.33. The first-order chi connectivity index (χ1) is 8.04. The molecule has 92 valence electrons. The minimum absolute atomic E-state index is 0.185. The van der Waals surface area contributed by atoms with E-state index in [2.05, 4.69) is 5.32 Å². The highest BCUT2D eigenvalue weighted by atomic mass is 19.3. The largest absolute Gasteiger partial charge is 0.386 e. The number of hydrogen-bond acceptors (Lipinski definition) is 3. The van der Waals surface area contributed by atoms with Crippen molar-refractivity contribution >= 4 is 0 Å². The smallest absolute Gasteiger partial charge is 0.265 e. The Kier molecular flexibility index (Phi) is 5.01. The first kappa shape index (κ1) is 13.6. The number of halogens is 2. The Morgan fingerprint density at radius 2 is 2.18 bits per heavy atom. The molecule has 0 fully saturated rings. The Bertz CT molecular complexity index is 404. The molecular formula is C12H14F2N2O. The van der Waals surface area contributed by atoms with Gasteiger partial charge in [0.1, 0.15) is 6.10 Å². The summed E-state index contributed by atoms with van der Waals surface area (Å²) in [5, 5.41) is 20.5. The van der Waals surface area contributed by atoms with Crippen LogP contribution in [0.3, 0.4) is 0 Å². The Morgan fingerprint density at radius 3 is 2.76 bits per heavy atom. The molecule has 17 heavy (non-hydrogen) atoms. The van der Waals surface area contributed by atoms with Crippen molar-refractivity contribution in [2.75, 3.05) is 6.54 Å². The van der Waals surface area contributed by atoms with Crippen LogP contribution in [-0.2, 0) is 0 Å². The van der Waals surface area contributed by atoms with Gasteiger partial charge in [0.2, 0.25) is 0 Å². The average molecular weight is 240 g/mol. The van der Waals surface area contributed by atoms with E-state index in [0.29, 0.717) is 5.56 Å². The highest BCUT2D eigenvalue weighted by Crippen LogP contribution is 2.14. The van der Waals surface area contributed by atoms with Crippen molar-refractivity contribution in [3.8, 4) is 6.07 Å². The fourth-order valence-electron chi connectivity index (χ4n) is 1.38. The van der Waals surface area contributed by atoms with Crippen molar-refractivity contribution in [2.24, 2.45) is 0 Å². The van der Waals surface area contributed by atoms with E-state index in [1.54, 1.807) is 31.2 Å². The van der Waals surface area contributed by atoms with Crippen molar-refractivity contribution in [1.29, 1.82) is 5.26 Å². The molecule has 1 rings (SSSR count). The number of alkyl halides is 2. The predicted octanol–water partition coefficient (Wildman–Crippen LogP) is 1.83. The Labute approximate surface area is 98.7 Å². The van der Waals surface area contributed by atoms with Gasteiger partial charge in [0.15, 0.2) is 0 Å². The molecule has 2 N–H and O–H groups in total. The molecule has 1 aromatic carbocycles. The van der Waals surface area contributed by atoms with Crippen LogP contribution in [0.25, 0.3) is 0 Å². The topological polar surface area (TPSA) is 56.0 Å². The van der Waals surface area contributed by atoms with Crippen LogP contribution in [0.4, 0.5) is 8.78 Å². The molecule has 0 aliphatic heterocycles. The van der Waals surface area contributed by atoms with Gasteiger partial charge >= 0.3 is 0 Å². The SMILES string of the molecule is CC(NCC(O)C(F)F)c1cccc(C#N)c1. The maximum absolute atomic E-state index is 12.1. The Morgan fingerprint density at radius 1 is 1.47 bits per heavy atom. The van der Waals surface area contributed by atoms with E-state index in [9.17, 15) is 8.78 Å². The first-order valence-corrected chi connectivity index (χ1v) is 5.24. The van der Waals surface area contributed by atoms with Crippen LogP contribution in [0.5, 0.6) is 0 Å². The van der Waals surface area contributed by atoms with E-state index in [1.165, 1.54) is 0 Å². The Balaban J connectivity index is 2.58. The molecule has 5 heteroatoms. The third-order valence-electron chi connectivity index (χ3n) is 2.44. The number of aliphatic hydroxyl groups excluding tert-OH is 1. The van der Waals surface area contributed by atoms with Gasteiger partial charge in [0.05, 0.1) is 11.6 Å². The lowest BCUT2D eigenvalue weighted by Gasteiger charge is -2.17. The van der Waals surface area contributed by atoms with Crippen molar-refractivity contribution in [3.05, 3.63) is 35.4 Å². The molecule has 0 aromatic heterocycles. The molecule has 0 aliphatic rings. The van der Waals surface area contributed by atoms with Gasteiger partial charge in [-0.05, 0) is 24.6 Å². The molecule has 0 spiro atoms. The van der Waals surface area contributed by atoms with E-state index < -0.39 is 12.5 Å². The minimum atomic E-state index is -2.75. The summed E-state index contributed by atoms with van der Waals surface area (Å²) in [7, 11) is 0. The van der Waals surface area contributed by atoms with Crippen LogP contribution in [0, 0.1) is 11.3 Å². The van der Waals surface area contributed by atoms with Gasteiger partial charge in [0, 0.05) is 12.6 Å². The lowest BCUT2D eigenvalue weighted by molar-refractivity contribution is -0.00439. The summed E-state index contributed by atoms with van der Waals surface area (Å²) in [5.74, 6) is 0. The zero-order valence-electron chi connectivity index (χ0n) is 9.40. The molecule has 0 saturated carbocycles. The summed E-state index contributed by atoms with van der Waals surface area (Å²) in [4.78, 5) is 0. The third-order valence-corrected chi connectivity index (χ3v) is 2.44. The van der Waals surface area contributed by atoms with Crippen LogP contribution in [0.2, 0.25) is 0 Å². The molecule has 0 bridgehead atoms. The van der Waals surface area contributed by atoms with Crippen LogP contribution in [0.15, 0.2) is 24.3 Å². The van der Waals surface area contributed by atoms with Gasteiger partial charge in [0.25, 0.3) is 6.43 Å². The Hall–Kier alpha value is -1.51. The average Bonchev–Trinajstić information content (AvgIpc) is 2.35. The van der Waals surface area contributed by atoms with E-state index in [1.807, 2.05) is 6.07 Å². The van der Waals surface area contributed by atoms with E-state index in [4.69, 9.17) is 10.4 Å². The third kappa shape index (κ3) is 4.10. The molecule has 0 amide bonds. The van der Waals surface area contributed by atoms with E-state index in [-0.39, 0.29) is 12.6 Å². The summed E-state index contributed by atoms with van der Waals surface area (Å²) in [6.07, 6.45) is -4.42. The molecule has 0 saturated heterocycles. The second-order valence-corrected chi connectivity index (χ2v) is 3.77. The summed E-state index contributed by atoms with van der Waals surface area (Å²) in [5.41, 5.74) is 1.34. The molecule has 2 atom stereocenters. The molecule has 3 nitrogen and oxygen atoms in total. The van der Waals surface area contributed by atoms with Gasteiger partial charge in [-0.1, -0.05) is 12.1 Å². The number of aliphatic hydroxyl groups is 1. The van der Waals surface area contributed by atoms with Crippen molar-refractivity contribution in [3.63, 3.8) is 0 Å². The van der Waals surface area contributed by atoms with Crippen molar-refractivity contribution in [2.45, 2.75) is 25.5 Å². The number of rotatable bonds is 5. The lowest BCUT2D eigenvalue weighted by Crippen LogP contribution is -2.33. The molecule has 0 heterocycles. The van der Waals surface area contributed by atoms with Crippen LogP contribution >= 0.6 is 0 Å². The van der Waals surface area contributed by atoms with Crippen LogP contribution in [-0.4, -0.2) is 24.2 Å². The lowest BCUT2D eigenvalue weighted by atomic mass is 10.1. The summed E-state index contributed by atoms with van der Waals surface area (Å²) < 4.78 is 24.1. The van der Waals surface area contributed by atoms with E-state index >= 15 is 0 Å². The predicted molar refractivity (Wildman–Crippen MR) is 59.6 cm³/mol. The van der Waals surface area contributed by atoms with Crippen LogP contribution < -0.4 is 5.32 Å². The molecular weight excluding hydrogens is 226 g/mol. The summed E-state index contributed by atoms with van der Waals surface area (Å²) in [6.45, 7) is 1.60. The number of benzene rings is 1. The monoisotopic (exact) mass is 240 g/mol. The zero-order valence-corrected chi connectivity index (χ0v) is 9.40. The van der Waals surface area contributed by atoms with Crippen molar-refractivity contribution in [1.82, 2.24) is 5.32 Å². The molecule has 0 aliphatic carbocycles. The minimum Gasteiger partial charge on any atom is -0.386 e. The summed E-state index contributed by atoms with van der Waals surface area (Å²) in [6, 6.07) is 8.70. The maximum Gasteiger partial charge on any atom is 0.265 e. The quantitative estimate of drug-likeness (QED) is 0.825. The second kappa shape index (κ2) is 6.28. The van der Waals surface area contributed by atoms with Gasteiger partial charge in [-0.25, -0.2) is 8.78 Å². The van der Waals surface area contributed by atoms with Gasteiger partial charge in [-0.3, -0.25) is 0 Å². The molecule has 0 radical (unpaired) electrons. The standard InChI is InChI=1S/C12H14F2N2O/c1-8(16-7-11(17)12(13)14)10-4-2-3-9(5-10)6-15/h2-5,8,11-12,16-17H,7H2,1H3. The number of hydrogen-bond donors (Lipinski definition) is 2.